The number of piperazine rings is 1. The predicted octanol–water partition coefficient (Wildman–Crippen LogP) is -0.0247. The first kappa shape index (κ1) is 14.2. The Kier molecular flexibility index (Phi) is 3.29. The van der Waals surface area contributed by atoms with E-state index in [2.05, 4.69) is 5.32 Å². The molecule has 1 atom stereocenters. The standard InChI is InChI=1S/C13H18N4O3S/c1-9-2-3-11(6-12(9)14)21(19,20)16-4-5-17-10(8-16)7-15-13(17)18/h2-3,6,10H,4-5,7-8,14H2,1H3,(H,15,18). The Morgan fingerprint density at radius 2 is 2.10 bits per heavy atom. The number of fused-ring (bicyclic) bond motifs is 1. The summed E-state index contributed by atoms with van der Waals surface area (Å²) in [6.45, 7) is 3.35. The Balaban J connectivity index is 1.85. The van der Waals surface area contributed by atoms with E-state index < -0.39 is 10.0 Å². The first-order valence-corrected chi connectivity index (χ1v) is 8.24. The van der Waals surface area contributed by atoms with Crippen LogP contribution in [0.5, 0.6) is 0 Å². The van der Waals surface area contributed by atoms with E-state index in [1.165, 1.54) is 10.4 Å². The van der Waals surface area contributed by atoms with Gasteiger partial charge in [0.2, 0.25) is 10.0 Å². The van der Waals surface area contributed by atoms with Crippen molar-refractivity contribution >= 4 is 21.7 Å². The SMILES string of the molecule is Cc1ccc(S(=O)(=O)N2CCN3C(=O)NCC3C2)cc1N. The first-order valence-electron chi connectivity index (χ1n) is 6.80. The molecule has 0 spiro atoms. The van der Waals surface area contributed by atoms with Gasteiger partial charge in [-0.2, -0.15) is 4.31 Å². The zero-order valence-corrected chi connectivity index (χ0v) is 12.6. The summed E-state index contributed by atoms with van der Waals surface area (Å²) in [4.78, 5) is 13.4. The maximum absolute atomic E-state index is 12.7. The van der Waals surface area contributed by atoms with Crippen LogP contribution in [0.3, 0.4) is 0 Å². The van der Waals surface area contributed by atoms with Gasteiger partial charge in [0.25, 0.3) is 0 Å². The van der Waals surface area contributed by atoms with Gasteiger partial charge in [-0.25, -0.2) is 13.2 Å². The summed E-state index contributed by atoms with van der Waals surface area (Å²) in [6.07, 6.45) is 0. The average Bonchev–Trinajstić information content (AvgIpc) is 2.83. The van der Waals surface area contributed by atoms with Crippen LogP contribution in [0.1, 0.15) is 5.56 Å². The maximum atomic E-state index is 12.7. The second-order valence-corrected chi connectivity index (χ2v) is 7.35. The van der Waals surface area contributed by atoms with Crippen molar-refractivity contribution in [2.24, 2.45) is 0 Å². The Labute approximate surface area is 123 Å². The summed E-state index contributed by atoms with van der Waals surface area (Å²) >= 11 is 0. The van der Waals surface area contributed by atoms with Crippen molar-refractivity contribution in [1.29, 1.82) is 0 Å². The van der Waals surface area contributed by atoms with E-state index >= 15 is 0 Å². The summed E-state index contributed by atoms with van der Waals surface area (Å²) in [5.74, 6) is 0. The second kappa shape index (κ2) is 4.88. The van der Waals surface area contributed by atoms with Crippen molar-refractivity contribution in [2.75, 3.05) is 31.9 Å². The van der Waals surface area contributed by atoms with Crippen LogP contribution in [-0.4, -0.2) is 55.9 Å². The quantitative estimate of drug-likeness (QED) is 0.750. The third-order valence-electron chi connectivity index (χ3n) is 4.08. The molecule has 0 radical (unpaired) electrons. The Morgan fingerprint density at radius 1 is 1.33 bits per heavy atom. The molecule has 1 aromatic carbocycles. The molecule has 2 amide bonds. The average molecular weight is 310 g/mol. The molecule has 0 aromatic heterocycles. The molecule has 8 heteroatoms. The van der Waals surface area contributed by atoms with E-state index in [1.807, 2.05) is 6.92 Å². The zero-order chi connectivity index (χ0) is 15.2. The highest BCUT2D eigenvalue weighted by molar-refractivity contribution is 7.89. The summed E-state index contributed by atoms with van der Waals surface area (Å²) in [5, 5.41) is 2.74. The molecule has 2 aliphatic rings. The van der Waals surface area contributed by atoms with Crippen molar-refractivity contribution in [3.8, 4) is 0 Å². The lowest BCUT2D eigenvalue weighted by Crippen LogP contribution is -2.53. The fraction of sp³-hybridized carbons (Fsp3) is 0.462. The summed E-state index contributed by atoms with van der Waals surface area (Å²) in [7, 11) is -3.57. The number of carbonyl (C=O) groups is 1. The highest BCUT2D eigenvalue weighted by Gasteiger charge is 2.39. The van der Waals surface area contributed by atoms with Crippen LogP contribution >= 0.6 is 0 Å². The van der Waals surface area contributed by atoms with Gasteiger partial charge in [-0.15, -0.1) is 0 Å². The molecule has 2 aliphatic heterocycles. The molecule has 2 heterocycles. The number of nitrogens with one attached hydrogen (secondary N) is 1. The lowest BCUT2D eigenvalue weighted by Gasteiger charge is -2.35. The van der Waals surface area contributed by atoms with Crippen molar-refractivity contribution in [1.82, 2.24) is 14.5 Å². The minimum Gasteiger partial charge on any atom is -0.398 e. The van der Waals surface area contributed by atoms with Crippen molar-refractivity contribution in [3.05, 3.63) is 23.8 Å². The Morgan fingerprint density at radius 3 is 2.81 bits per heavy atom. The summed E-state index contributed by atoms with van der Waals surface area (Å²) in [5.41, 5.74) is 7.12. The van der Waals surface area contributed by atoms with Gasteiger partial charge in [0.05, 0.1) is 10.9 Å². The number of nitrogens with two attached hydrogens (primary N) is 1. The molecule has 7 nitrogen and oxygen atoms in total. The number of nitrogens with zero attached hydrogens (tertiary/aromatic N) is 2. The molecular weight excluding hydrogens is 292 g/mol. The van der Waals surface area contributed by atoms with E-state index in [-0.39, 0.29) is 17.0 Å². The van der Waals surface area contributed by atoms with Crippen LogP contribution in [-0.2, 0) is 10.0 Å². The van der Waals surface area contributed by atoms with E-state index in [1.54, 1.807) is 17.0 Å². The molecule has 21 heavy (non-hydrogen) atoms. The lowest BCUT2D eigenvalue weighted by molar-refractivity contribution is 0.164. The first-order chi connectivity index (χ1) is 9.89. The molecule has 114 valence electrons. The lowest BCUT2D eigenvalue weighted by atomic mass is 10.2. The number of nitrogen functional groups attached to an aromatic ring is 1. The zero-order valence-electron chi connectivity index (χ0n) is 11.7. The molecule has 1 unspecified atom stereocenters. The number of carbonyl (C=O) groups excluding carboxylic acids is 1. The number of amides is 2. The highest BCUT2D eigenvalue weighted by Crippen LogP contribution is 2.24. The fourth-order valence-corrected chi connectivity index (χ4v) is 4.23. The number of anilines is 1. The van der Waals surface area contributed by atoms with Crippen LogP contribution in [0.15, 0.2) is 23.1 Å². The third kappa shape index (κ3) is 2.34. The smallest absolute Gasteiger partial charge is 0.317 e. The number of rotatable bonds is 2. The Bertz CT molecular complexity index is 689. The van der Waals surface area contributed by atoms with Crippen molar-refractivity contribution < 1.29 is 13.2 Å². The van der Waals surface area contributed by atoms with Gasteiger partial charge in [-0.1, -0.05) is 6.07 Å². The Hall–Kier alpha value is -1.80. The minimum absolute atomic E-state index is 0.0937. The topological polar surface area (TPSA) is 95.7 Å². The van der Waals surface area contributed by atoms with Gasteiger partial charge >= 0.3 is 6.03 Å². The normalized spacial score (nSPS) is 23.0. The number of hydrogen-bond donors (Lipinski definition) is 2. The van der Waals surface area contributed by atoms with Gasteiger partial charge in [0.15, 0.2) is 0 Å². The van der Waals surface area contributed by atoms with Crippen LogP contribution in [0.4, 0.5) is 10.5 Å². The molecule has 3 rings (SSSR count). The number of sulfonamides is 1. The number of hydrogen-bond acceptors (Lipinski definition) is 4. The van der Waals surface area contributed by atoms with E-state index in [4.69, 9.17) is 5.73 Å². The maximum Gasteiger partial charge on any atom is 0.317 e. The van der Waals surface area contributed by atoms with Gasteiger partial charge < -0.3 is 16.0 Å². The number of benzene rings is 1. The molecule has 3 N–H and O–H groups in total. The second-order valence-electron chi connectivity index (χ2n) is 5.41. The highest BCUT2D eigenvalue weighted by atomic mass is 32.2. The van der Waals surface area contributed by atoms with E-state index in [0.717, 1.165) is 5.56 Å². The largest absolute Gasteiger partial charge is 0.398 e. The molecule has 2 fully saturated rings. The van der Waals surface area contributed by atoms with Crippen LogP contribution in [0, 0.1) is 6.92 Å². The number of aryl methyl sites for hydroxylation is 1. The molecule has 0 bridgehead atoms. The van der Waals surface area contributed by atoms with Crippen LogP contribution in [0.2, 0.25) is 0 Å². The van der Waals surface area contributed by atoms with Gasteiger partial charge in [0.1, 0.15) is 0 Å². The van der Waals surface area contributed by atoms with Gasteiger partial charge in [-0.3, -0.25) is 0 Å². The fourth-order valence-electron chi connectivity index (χ4n) is 2.72. The summed E-state index contributed by atoms with van der Waals surface area (Å²) < 4.78 is 26.8. The van der Waals surface area contributed by atoms with E-state index in [0.29, 0.717) is 31.9 Å². The molecule has 1 aromatic rings. The van der Waals surface area contributed by atoms with Crippen LogP contribution < -0.4 is 11.1 Å². The molecule has 2 saturated heterocycles. The van der Waals surface area contributed by atoms with Crippen molar-refractivity contribution in [2.45, 2.75) is 17.9 Å². The van der Waals surface area contributed by atoms with Gasteiger partial charge in [-0.05, 0) is 24.6 Å². The number of urea groups is 1. The molecule has 0 saturated carbocycles. The minimum atomic E-state index is -3.57. The predicted molar refractivity (Wildman–Crippen MR) is 78.2 cm³/mol. The van der Waals surface area contributed by atoms with Crippen molar-refractivity contribution in [3.63, 3.8) is 0 Å². The van der Waals surface area contributed by atoms with Crippen LogP contribution in [0.25, 0.3) is 0 Å². The molecular formula is C13H18N4O3S. The van der Waals surface area contributed by atoms with E-state index in [9.17, 15) is 13.2 Å². The third-order valence-corrected chi connectivity index (χ3v) is 5.94. The summed E-state index contributed by atoms with van der Waals surface area (Å²) in [6, 6.07) is 4.57. The monoisotopic (exact) mass is 310 g/mol. The van der Waals surface area contributed by atoms with Gasteiger partial charge in [0, 0.05) is 31.9 Å². The molecule has 0 aliphatic carbocycles.